The van der Waals surface area contributed by atoms with Gasteiger partial charge in [-0.15, -0.1) is 0 Å². The van der Waals surface area contributed by atoms with Crippen molar-refractivity contribution in [3.63, 3.8) is 0 Å². The minimum atomic E-state index is -0.212. The number of ether oxygens (including phenoxy) is 1. The molecule has 1 amide bonds. The lowest BCUT2D eigenvalue weighted by Crippen LogP contribution is -2.48. The number of carbonyl (C=O) groups excluding carboxylic acids is 1. The first kappa shape index (κ1) is 18.8. The Morgan fingerprint density at radius 3 is 2.56 bits per heavy atom. The van der Waals surface area contributed by atoms with Crippen LogP contribution >= 0.6 is 0 Å². The van der Waals surface area contributed by atoms with E-state index in [4.69, 9.17) is 9.15 Å². The van der Waals surface area contributed by atoms with E-state index >= 15 is 0 Å². The zero-order valence-corrected chi connectivity index (χ0v) is 15.6. The SMILES string of the molecule is CN=C(NCCNC(=O)c1ccco1)N1CCC(Oc2ccccc2)CC1. The minimum Gasteiger partial charge on any atom is -0.490 e. The Balaban J connectivity index is 1.37. The van der Waals surface area contributed by atoms with Crippen molar-refractivity contribution in [1.29, 1.82) is 0 Å². The molecule has 1 aliphatic rings. The summed E-state index contributed by atoms with van der Waals surface area (Å²) in [6, 6.07) is 13.3. The van der Waals surface area contributed by atoms with Crippen molar-refractivity contribution in [2.75, 3.05) is 33.2 Å². The second-order valence-electron chi connectivity index (χ2n) is 6.32. The molecule has 0 atom stereocenters. The van der Waals surface area contributed by atoms with Gasteiger partial charge < -0.3 is 24.7 Å². The maximum absolute atomic E-state index is 11.8. The highest BCUT2D eigenvalue weighted by Gasteiger charge is 2.22. The first-order valence-electron chi connectivity index (χ1n) is 9.25. The monoisotopic (exact) mass is 370 g/mol. The van der Waals surface area contributed by atoms with Crippen LogP contribution < -0.4 is 15.4 Å². The lowest BCUT2D eigenvalue weighted by atomic mass is 10.1. The summed E-state index contributed by atoms with van der Waals surface area (Å²) in [4.78, 5) is 18.4. The van der Waals surface area contributed by atoms with E-state index in [-0.39, 0.29) is 12.0 Å². The van der Waals surface area contributed by atoms with Crippen LogP contribution in [0.3, 0.4) is 0 Å². The molecular weight excluding hydrogens is 344 g/mol. The summed E-state index contributed by atoms with van der Waals surface area (Å²) in [6.07, 6.45) is 3.62. The molecule has 1 aromatic heterocycles. The highest BCUT2D eigenvalue weighted by Crippen LogP contribution is 2.18. The number of piperidine rings is 1. The van der Waals surface area contributed by atoms with E-state index in [9.17, 15) is 4.79 Å². The van der Waals surface area contributed by atoms with Gasteiger partial charge in [0.2, 0.25) is 0 Å². The average Bonchev–Trinajstić information content (AvgIpc) is 3.25. The van der Waals surface area contributed by atoms with E-state index in [1.165, 1.54) is 6.26 Å². The van der Waals surface area contributed by atoms with Crippen LogP contribution in [0.4, 0.5) is 0 Å². The number of likely N-dealkylation sites (tertiary alicyclic amines) is 1. The van der Waals surface area contributed by atoms with Crippen LogP contribution in [0.5, 0.6) is 5.75 Å². The van der Waals surface area contributed by atoms with Crippen molar-refractivity contribution >= 4 is 11.9 Å². The molecule has 1 aromatic carbocycles. The lowest BCUT2D eigenvalue weighted by molar-refractivity contribution is 0.0926. The Morgan fingerprint density at radius 1 is 1.15 bits per heavy atom. The molecule has 0 unspecified atom stereocenters. The van der Waals surface area contributed by atoms with Crippen LogP contribution in [-0.4, -0.2) is 56.1 Å². The first-order valence-corrected chi connectivity index (χ1v) is 9.25. The Kier molecular flexibility index (Phi) is 6.73. The van der Waals surface area contributed by atoms with Crippen LogP contribution in [0.2, 0.25) is 0 Å². The molecule has 0 aliphatic carbocycles. The molecule has 1 saturated heterocycles. The van der Waals surface area contributed by atoms with Gasteiger partial charge in [0, 0.05) is 46.1 Å². The van der Waals surface area contributed by atoms with Gasteiger partial charge in [-0.3, -0.25) is 9.79 Å². The summed E-state index contributed by atoms with van der Waals surface area (Å²) in [5.41, 5.74) is 0. The molecule has 7 nitrogen and oxygen atoms in total. The van der Waals surface area contributed by atoms with Gasteiger partial charge >= 0.3 is 0 Å². The van der Waals surface area contributed by atoms with E-state index in [0.717, 1.165) is 37.6 Å². The zero-order chi connectivity index (χ0) is 18.9. The number of hydrogen-bond donors (Lipinski definition) is 2. The molecule has 7 heteroatoms. The normalized spacial score (nSPS) is 15.4. The molecule has 2 aromatic rings. The van der Waals surface area contributed by atoms with E-state index in [1.807, 2.05) is 30.3 Å². The third kappa shape index (κ3) is 5.51. The third-order valence-corrected chi connectivity index (χ3v) is 4.44. The number of carbonyl (C=O) groups is 1. The predicted octanol–water partition coefficient (Wildman–Crippen LogP) is 2.13. The second kappa shape index (κ2) is 9.66. The second-order valence-corrected chi connectivity index (χ2v) is 6.32. The number of para-hydroxylation sites is 1. The van der Waals surface area contributed by atoms with Gasteiger partial charge in [-0.1, -0.05) is 18.2 Å². The molecule has 0 bridgehead atoms. The molecule has 3 rings (SSSR count). The number of benzene rings is 1. The number of amides is 1. The molecular formula is C20H26N4O3. The third-order valence-electron chi connectivity index (χ3n) is 4.44. The maximum atomic E-state index is 11.8. The zero-order valence-electron chi connectivity index (χ0n) is 15.6. The number of hydrogen-bond acceptors (Lipinski definition) is 4. The number of guanidine groups is 1. The smallest absolute Gasteiger partial charge is 0.287 e. The first-order chi connectivity index (χ1) is 13.3. The van der Waals surface area contributed by atoms with Crippen LogP contribution in [0.25, 0.3) is 0 Å². The van der Waals surface area contributed by atoms with Crippen molar-refractivity contribution in [2.24, 2.45) is 4.99 Å². The number of aliphatic imine (C=N–C) groups is 1. The van der Waals surface area contributed by atoms with E-state index in [1.54, 1.807) is 19.2 Å². The number of furan rings is 1. The fourth-order valence-electron chi connectivity index (χ4n) is 3.05. The van der Waals surface area contributed by atoms with Gasteiger partial charge in [0.1, 0.15) is 11.9 Å². The fourth-order valence-corrected chi connectivity index (χ4v) is 3.05. The van der Waals surface area contributed by atoms with Gasteiger partial charge in [0.15, 0.2) is 11.7 Å². The molecule has 2 N–H and O–H groups in total. The number of nitrogens with one attached hydrogen (secondary N) is 2. The highest BCUT2D eigenvalue weighted by atomic mass is 16.5. The van der Waals surface area contributed by atoms with Gasteiger partial charge in [-0.25, -0.2) is 0 Å². The van der Waals surface area contributed by atoms with Gasteiger partial charge in [-0.05, 0) is 24.3 Å². The van der Waals surface area contributed by atoms with Crippen LogP contribution in [0, 0.1) is 0 Å². The van der Waals surface area contributed by atoms with E-state index in [0.29, 0.717) is 18.8 Å². The summed E-state index contributed by atoms with van der Waals surface area (Å²) in [7, 11) is 1.77. The Morgan fingerprint density at radius 2 is 1.89 bits per heavy atom. The van der Waals surface area contributed by atoms with Crippen molar-refractivity contribution in [1.82, 2.24) is 15.5 Å². The summed E-state index contributed by atoms with van der Waals surface area (Å²) >= 11 is 0. The van der Waals surface area contributed by atoms with Crippen LogP contribution in [0.1, 0.15) is 23.4 Å². The quantitative estimate of drug-likeness (QED) is 0.463. The van der Waals surface area contributed by atoms with Gasteiger partial charge in [0.05, 0.1) is 6.26 Å². The Bertz CT molecular complexity index is 723. The molecule has 0 spiro atoms. The summed E-state index contributed by atoms with van der Waals surface area (Å²) in [6.45, 7) is 2.86. The summed E-state index contributed by atoms with van der Waals surface area (Å²) in [5.74, 6) is 1.88. The van der Waals surface area contributed by atoms with E-state index < -0.39 is 0 Å². The average molecular weight is 370 g/mol. The predicted molar refractivity (Wildman–Crippen MR) is 104 cm³/mol. The van der Waals surface area contributed by atoms with Crippen molar-refractivity contribution in [3.8, 4) is 5.75 Å². The van der Waals surface area contributed by atoms with Crippen molar-refractivity contribution in [3.05, 3.63) is 54.5 Å². The van der Waals surface area contributed by atoms with E-state index in [2.05, 4.69) is 20.5 Å². The molecule has 0 saturated carbocycles. The van der Waals surface area contributed by atoms with Crippen molar-refractivity contribution in [2.45, 2.75) is 18.9 Å². The summed E-state index contributed by atoms with van der Waals surface area (Å²) in [5, 5.41) is 6.11. The topological polar surface area (TPSA) is 79.1 Å². The van der Waals surface area contributed by atoms with Crippen molar-refractivity contribution < 1.29 is 13.9 Å². The molecule has 2 heterocycles. The molecule has 144 valence electrons. The minimum absolute atomic E-state index is 0.212. The molecule has 1 fully saturated rings. The van der Waals surface area contributed by atoms with Crippen LogP contribution in [-0.2, 0) is 0 Å². The van der Waals surface area contributed by atoms with Gasteiger partial charge in [-0.2, -0.15) is 0 Å². The standard InChI is InChI=1S/C20H26N4O3/c1-21-20(23-12-11-22-19(25)18-8-5-15-26-18)24-13-9-17(10-14-24)27-16-6-3-2-4-7-16/h2-8,15,17H,9-14H2,1H3,(H,21,23)(H,22,25). The Labute approximate surface area is 159 Å². The number of rotatable bonds is 6. The maximum Gasteiger partial charge on any atom is 0.287 e. The van der Waals surface area contributed by atoms with Gasteiger partial charge in [0.25, 0.3) is 5.91 Å². The fraction of sp³-hybridized carbons (Fsp3) is 0.400. The lowest BCUT2D eigenvalue weighted by Gasteiger charge is -2.34. The summed E-state index contributed by atoms with van der Waals surface area (Å²) < 4.78 is 11.1. The Hall–Kier alpha value is -2.96. The highest BCUT2D eigenvalue weighted by molar-refractivity contribution is 5.91. The van der Waals surface area contributed by atoms with Crippen LogP contribution in [0.15, 0.2) is 58.1 Å². The number of nitrogens with zero attached hydrogens (tertiary/aromatic N) is 2. The molecule has 27 heavy (non-hydrogen) atoms. The molecule has 1 aliphatic heterocycles. The largest absolute Gasteiger partial charge is 0.490 e. The molecule has 0 radical (unpaired) electrons.